The molecule has 3 amide bonds. The van der Waals surface area contributed by atoms with Gasteiger partial charge in [-0.1, -0.05) is 0 Å². The van der Waals surface area contributed by atoms with Crippen LogP contribution in [-0.4, -0.2) is 76.5 Å². The Morgan fingerprint density at radius 2 is 1.62 bits per heavy atom. The fraction of sp³-hybridized carbons (Fsp3) is 0.789. The summed E-state index contributed by atoms with van der Waals surface area (Å²) >= 11 is 0. The minimum atomic E-state index is -0.290. The lowest BCUT2D eigenvalue weighted by Crippen LogP contribution is -2.44. The molecule has 7 heteroatoms. The number of rotatable bonds is 4. The molecule has 0 aliphatic carbocycles. The normalized spacial score (nSPS) is 21.8. The van der Waals surface area contributed by atoms with E-state index in [1.165, 1.54) is 6.92 Å². The monoisotopic (exact) mass is 365 g/mol. The first kappa shape index (κ1) is 20.4. The summed E-state index contributed by atoms with van der Waals surface area (Å²) in [7, 11) is 0. The van der Waals surface area contributed by atoms with E-state index >= 15 is 0 Å². The third-order valence-electron chi connectivity index (χ3n) is 5.14. The van der Waals surface area contributed by atoms with Gasteiger partial charge in [-0.05, 0) is 34.1 Å². The topological polar surface area (TPSA) is 78.0 Å². The third kappa shape index (κ3) is 5.05. The fourth-order valence-corrected chi connectivity index (χ4v) is 3.61. The van der Waals surface area contributed by atoms with Crippen LogP contribution in [0.1, 0.15) is 53.4 Å². The van der Waals surface area contributed by atoms with E-state index in [4.69, 9.17) is 0 Å². The Balaban J connectivity index is 1.90. The lowest BCUT2D eigenvalue weighted by Gasteiger charge is -2.32. The number of likely N-dealkylation sites (tertiary alicyclic amines) is 1. The van der Waals surface area contributed by atoms with Crippen molar-refractivity contribution < 1.29 is 19.2 Å². The van der Waals surface area contributed by atoms with Gasteiger partial charge in [0.05, 0.1) is 5.92 Å². The van der Waals surface area contributed by atoms with Crippen LogP contribution in [0.4, 0.5) is 0 Å². The number of Topliss-reactive ketones (excluding diaryl/α,β-unsaturated/α-hetero) is 1. The first-order valence-corrected chi connectivity index (χ1v) is 9.46. The molecule has 2 heterocycles. The Bertz CT molecular complexity index is 582. The largest absolute Gasteiger partial charge is 0.341 e. The molecule has 7 nitrogen and oxygen atoms in total. The van der Waals surface area contributed by atoms with Crippen LogP contribution in [0, 0.1) is 5.92 Å². The van der Waals surface area contributed by atoms with Gasteiger partial charge in [0.15, 0.2) is 0 Å². The SMILES string of the molecule is CC(=O)CCC(=O)N1CCCN(C(=O)C2CC(=O)N(C(C)(C)C)C2)CC1. The van der Waals surface area contributed by atoms with Crippen molar-refractivity contribution in [3.05, 3.63) is 0 Å². The van der Waals surface area contributed by atoms with Crippen molar-refractivity contribution in [2.24, 2.45) is 5.92 Å². The molecule has 1 atom stereocenters. The number of carbonyl (C=O) groups excluding carboxylic acids is 4. The quantitative estimate of drug-likeness (QED) is 0.746. The fourth-order valence-electron chi connectivity index (χ4n) is 3.61. The van der Waals surface area contributed by atoms with Gasteiger partial charge in [-0.3, -0.25) is 14.4 Å². The Hall–Kier alpha value is -1.92. The van der Waals surface area contributed by atoms with Gasteiger partial charge in [0.2, 0.25) is 17.7 Å². The lowest BCUT2D eigenvalue weighted by atomic mass is 10.1. The van der Waals surface area contributed by atoms with Crippen molar-refractivity contribution in [3.8, 4) is 0 Å². The van der Waals surface area contributed by atoms with Crippen LogP contribution >= 0.6 is 0 Å². The number of carbonyl (C=O) groups is 4. The van der Waals surface area contributed by atoms with Crippen LogP contribution in [-0.2, 0) is 19.2 Å². The minimum Gasteiger partial charge on any atom is -0.341 e. The summed E-state index contributed by atoms with van der Waals surface area (Å²) in [6.07, 6.45) is 1.50. The number of ketones is 1. The molecule has 0 N–H and O–H groups in total. The second-order valence-electron chi connectivity index (χ2n) is 8.34. The van der Waals surface area contributed by atoms with Crippen molar-refractivity contribution in [2.75, 3.05) is 32.7 Å². The van der Waals surface area contributed by atoms with Gasteiger partial charge >= 0.3 is 0 Å². The Kier molecular flexibility index (Phi) is 6.42. The van der Waals surface area contributed by atoms with E-state index < -0.39 is 0 Å². The highest BCUT2D eigenvalue weighted by Gasteiger charge is 2.41. The smallest absolute Gasteiger partial charge is 0.228 e. The molecule has 0 spiro atoms. The van der Waals surface area contributed by atoms with Gasteiger partial charge in [-0.25, -0.2) is 0 Å². The number of nitrogens with zero attached hydrogens (tertiary/aromatic N) is 3. The summed E-state index contributed by atoms with van der Waals surface area (Å²) < 4.78 is 0. The van der Waals surface area contributed by atoms with Gasteiger partial charge in [-0.2, -0.15) is 0 Å². The number of hydrogen-bond acceptors (Lipinski definition) is 4. The lowest BCUT2D eigenvalue weighted by molar-refractivity contribution is -0.136. The van der Waals surface area contributed by atoms with Crippen LogP contribution in [0.2, 0.25) is 0 Å². The van der Waals surface area contributed by atoms with E-state index in [2.05, 4.69) is 0 Å². The predicted molar refractivity (Wildman–Crippen MR) is 97.3 cm³/mol. The molecule has 0 radical (unpaired) electrons. The molecular formula is C19H31N3O4. The average molecular weight is 365 g/mol. The summed E-state index contributed by atoms with van der Waals surface area (Å²) in [5.74, 6) is -0.250. The van der Waals surface area contributed by atoms with Gasteiger partial charge in [-0.15, -0.1) is 0 Å². The van der Waals surface area contributed by atoms with Gasteiger partial charge in [0, 0.05) is 57.5 Å². The van der Waals surface area contributed by atoms with Crippen LogP contribution in [0.25, 0.3) is 0 Å². The van der Waals surface area contributed by atoms with Crippen molar-refractivity contribution in [2.45, 2.75) is 58.9 Å². The predicted octanol–water partition coefficient (Wildman–Crippen LogP) is 1.06. The molecule has 0 bridgehead atoms. The van der Waals surface area contributed by atoms with Gasteiger partial charge in [0.1, 0.15) is 5.78 Å². The van der Waals surface area contributed by atoms with Gasteiger partial charge in [0.25, 0.3) is 0 Å². The number of hydrogen-bond donors (Lipinski definition) is 0. The van der Waals surface area contributed by atoms with Crippen LogP contribution in [0.5, 0.6) is 0 Å². The van der Waals surface area contributed by atoms with E-state index in [0.717, 1.165) is 6.42 Å². The van der Waals surface area contributed by atoms with Crippen LogP contribution in [0.15, 0.2) is 0 Å². The summed E-state index contributed by atoms with van der Waals surface area (Å²) in [5, 5.41) is 0. The van der Waals surface area contributed by atoms with Crippen molar-refractivity contribution >= 4 is 23.5 Å². The maximum atomic E-state index is 12.9. The highest BCUT2D eigenvalue weighted by molar-refractivity contribution is 5.89. The highest BCUT2D eigenvalue weighted by Crippen LogP contribution is 2.27. The maximum absolute atomic E-state index is 12.9. The zero-order chi connectivity index (χ0) is 19.5. The standard InChI is InChI=1S/C19H31N3O4/c1-14(23)6-7-16(24)20-8-5-9-21(11-10-20)18(26)15-12-17(25)22(13-15)19(2,3)4/h15H,5-13H2,1-4H3. The van der Waals surface area contributed by atoms with Crippen molar-refractivity contribution in [3.63, 3.8) is 0 Å². The van der Waals surface area contributed by atoms with E-state index in [1.54, 1.807) is 14.7 Å². The molecule has 2 aliphatic heterocycles. The summed E-state index contributed by atoms with van der Waals surface area (Å²) in [6.45, 7) is 10.1. The first-order chi connectivity index (χ1) is 12.1. The molecule has 2 aliphatic rings. The molecule has 0 aromatic carbocycles. The Labute approximate surface area is 155 Å². The van der Waals surface area contributed by atoms with Crippen LogP contribution in [0.3, 0.4) is 0 Å². The summed E-state index contributed by atoms with van der Waals surface area (Å²) in [4.78, 5) is 53.7. The molecule has 2 saturated heterocycles. The zero-order valence-electron chi connectivity index (χ0n) is 16.4. The summed E-state index contributed by atoms with van der Waals surface area (Å²) in [5.41, 5.74) is -0.273. The van der Waals surface area contributed by atoms with E-state index in [9.17, 15) is 19.2 Å². The molecule has 2 rings (SSSR count). The maximum Gasteiger partial charge on any atom is 0.228 e. The second-order valence-corrected chi connectivity index (χ2v) is 8.34. The molecule has 0 aromatic heterocycles. The van der Waals surface area contributed by atoms with E-state index in [-0.39, 0.29) is 54.2 Å². The molecule has 1 unspecified atom stereocenters. The molecule has 2 fully saturated rings. The van der Waals surface area contributed by atoms with E-state index in [0.29, 0.717) is 32.7 Å². The second kappa shape index (κ2) is 8.18. The van der Waals surface area contributed by atoms with Crippen molar-refractivity contribution in [1.29, 1.82) is 0 Å². The molecule has 0 aromatic rings. The Morgan fingerprint density at radius 3 is 2.19 bits per heavy atom. The molecule has 146 valence electrons. The Morgan fingerprint density at radius 1 is 1.00 bits per heavy atom. The zero-order valence-corrected chi connectivity index (χ0v) is 16.4. The van der Waals surface area contributed by atoms with Crippen molar-refractivity contribution in [1.82, 2.24) is 14.7 Å². The third-order valence-corrected chi connectivity index (χ3v) is 5.14. The number of amides is 3. The minimum absolute atomic E-state index is 0.0132. The first-order valence-electron chi connectivity index (χ1n) is 9.46. The van der Waals surface area contributed by atoms with Crippen LogP contribution < -0.4 is 0 Å². The summed E-state index contributed by atoms with van der Waals surface area (Å²) in [6, 6.07) is 0. The molecular weight excluding hydrogens is 334 g/mol. The highest BCUT2D eigenvalue weighted by atomic mass is 16.2. The van der Waals surface area contributed by atoms with E-state index in [1.807, 2.05) is 20.8 Å². The molecule has 26 heavy (non-hydrogen) atoms. The average Bonchev–Trinajstić information content (AvgIpc) is 2.79. The van der Waals surface area contributed by atoms with Gasteiger partial charge < -0.3 is 19.5 Å². The molecule has 0 saturated carbocycles.